The van der Waals surface area contributed by atoms with Crippen LogP contribution >= 0.6 is 11.8 Å². The molecular formula is C13H17NO3S. The summed E-state index contributed by atoms with van der Waals surface area (Å²) < 4.78 is 0. The van der Waals surface area contributed by atoms with E-state index >= 15 is 0 Å². The van der Waals surface area contributed by atoms with Crippen LogP contribution in [-0.2, 0) is 9.59 Å². The Kier molecular flexibility index (Phi) is 3.09. The molecule has 1 aliphatic heterocycles. The maximum Gasteiger partial charge on any atom is 0.307 e. The summed E-state index contributed by atoms with van der Waals surface area (Å²) in [5.74, 6) is 0.609. The van der Waals surface area contributed by atoms with E-state index < -0.39 is 11.9 Å². The second-order valence-corrected chi connectivity index (χ2v) is 6.50. The predicted octanol–water partition coefficient (Wildman–Crippen LogP) is 1.08. The van der Waals surface area contributed by atoms with Crippen LogP contribution in [0.25, 0.3) is 0 Å². The van der Waals surface area contributed by atoms with Gasteiger partial charge in [0.25, 0.3) is 0 Å². The van der Waals surface area contributed by atoms with E-state index in [9.17, 15) is 14.7 Å². The quantitative estimate of drug-likeness (QED) is 0.761. The molecule has 0 radical (unpaired) electrons. The second kappa shape index (κ2) is 4.61. The average Bonchev–Trinajstić information content (AvgIpc) is 2.99. The maximum atomic E-state index is 12.5. The van der Waals surface area contributed by atoms with Gasteiger partial charge >= 0.3 is 5.97 Å². The molecule has 4 nitrogen and oxygen atoms in total. The predicted molar refractivity (Wildman–Crippen MR) is 69.3 cm³/mol. The fraction of sp³-hybridized carbons (Fsp3) is 0.692. The molecule has 1 saturated carbocycles. The van der Waals surface area contributed by atoms with Crippen LogP contribution in [0.3, 0.4) is 0 Å². The van der Waals surface area contributed by atoms with Crippen molar-refractivity contribution < 1.29 is 14.7 Å². The molecule has 5 heteroatoms. The first-order chi connectivity index (χ1) is 8.68. The Hall–Kier alpha value is -0.970. The Balaban J connectivity index is 1.79. The number of aliphatic carboxylic acids is 1. The number of fused-ring (bicyclic) bond motifs is 2. The van der Waals surface area contributed by atoms with E-state index in [1.54, 1.807) is 0 Å². The van der Waals surface area contributed by atoms with Crippen LogP contribution in [0.2, 0.25) is 0 Å². The van der Waals surface area contributed by atoms with Crippen molar-refractivity contribution in [1.29, 1.82) is 0 Å². The van der Waals surface area contributed by atoms with Crippen LogP contribution < -0.4 is 0 Å². The zero-order valence-corrected chi connectivity index (χ0v) is 10.9. The Morgan fingerprint density at radius 3 is 2.33 bits per heavy atom. The van der Waals surface area contributed by atoms with Gasteiger partial charge in [-0.25, -0.2) is 0 Å². The highest BCUT2D eigenvalue weighted by Crippen LogP contribution is 2.48. The standard InChI is InChI=1S/C13H17NO3S/c15-12(14-3-5-18-6-4-14)10-8-1-2-9(7-8)11(10)13(16)17/h1-2,8-11H,3-7H2,(H,16,17)/t8?,9?,10-,11+/m0/s1. The highest BCUT2D eigenvalue weighted by Gasteiger charge is 2.52. The number of nitrogens with zero attached hydrogens (tertiary/aromatic N) is 1. The number of thioether (sulfide) groups is 1. The summed E-state index contributed by atoms with van der Waals surface area (Å²) >= 11 is 1.86. The van der Waals surface area contributed by atoms with Crippen LogP contribution in [0.1, 0.15) is 6.42 Å². The van der Waals surface area contributed by atoms with Crippen molar-refractivity contribution in [2.45, 2.75) is 6.42 Å². The van der Waals surface area contributed by atoms with Gasteiger partial charge < -0.3 is 10.0 Å². The topological polar surface area (TPSA) is 57.6 Å². The van der Waals surface area contributed by atoms with E-state index in [0.29, 0.717) is 0 Å². The summed E-state index contributed by atoms with van der Waals surface area (Å²) in [4.78, 5) is 25.8. The van der Waals surface area contributed by atoms with Crippen molar-refractivity contribution in [3.05, 3.63) is 12.2 Å². The summed E-state index contributed by atoms with van der Waals surface area (Å²) in [6.45, 7) is 1.54. The van der Waals surface area contributed by atoms with Gasteiger partial charge in [0.1, 0.15) is 0 Å². The lowest BCUT2D eigenvalue weighted by molar-refractivity contribution is -0.150. The van der Waals surface area contributed by atoms with Crippen LogP contribution in [0.4, 0.5) is 0 Å². The largest absolute Gasteiger partial charge is 0.481 e. The Bertz CT molecular complexity index is 403. The Morgan fingerprint density at radius 2 is 1.72 bits per heavy atom. The molecule has 0 aromatic rings. The monoisotopic (exact) mass is 267 g/mol. The third-order valence-electron chi connectivity index (χ3n) is 4.35. The molecule has 98 valence electrons. The highest BCUT2D eigenvalue weighted by molar-refractivity contribution is 7.99. The summed E-state index contributed by atoms with van der Waals surface area (Å²) in [5, 5.41) is 9.34. The fourth-order valence-corrected chi connectivity index (χ4v) is 4.39. The first kappa shape index (κ1) is 12.1. The van der Waals surface area contributed by atoms with Crippen molar-refractivity contribution >= 4 is 23.6 Å². The van der Waals surface area contributed by atoms with Gasteiger partial charge in [0.15, 0.2) is 0 Å². The third-order valence-corrected chi connectivity index (χ3v) is 5.29. The fourth-order valence-electron chi connectivity index (χ4n) is 3.49. The molecule has 0 spiro atoms. The summed E-state index contributed by atoms with van der Waals surface area (Å²) in [7, 11) is 0. The first-order valence-electron chi connectivity index (χ1n) is 6.46. The van der Waals surface area contributed by atoms with E-state index in [2.05, 4.69) is 0 Å². The molecule has 0 aromatic heterocycles. The van der Waals surface area contributed by atoms with Gasteiger partial charge in [-0.1, -0.05) is 12.2 Å². The van der Waals surface area contributed by atoms with Gasteiger partial charge in [0.05, 0.1) is 11.8 Å². The number of rotatable bonds is 2. The number of allylic oxidation sites excluding steroid dienone is 2. The summed E-state index contributed by atoms with van der Waals surface area (Å²) in [6.07, 6.45) is 4.88. The van der Waals surface area contributed by atoms with Gasteiger partial charge in [0, 0.05) is 24.6 Å². The third kappa shape index (κ3) is 1.85. The number of carboxylic acids is 1. The molecule has 2 aliphatic carbocycles. The minimum absolute atomic E-state index is 0.0690. The number of hydrogen-bond acceptors (Lipinski definition) is 3. The number of carboxylic acid groups (broad SMARTS) is 1. The SMILES string of the molecule is O=C(O)[C@@H]1C2C=CC(C2)[C@@H]1C(=O)N1CCSCC1. The van der Waals surface area contributed by atoms with Gasteiger partial charge in [0.2, 0.25) is 5.91 Å². The van der Waals surface area contributed by atoms with Crippen LogP contribution in [-0.4, -0.2) is 46.5 Å². The van der Waals surface area contributed by atoms with Crippen LogP contribution in [0.15, 0.2) is 12.2 Å². The molecule has 4 atom stereocenters. The number of amides is 1. The smallest absolute Gasteiger partial charge is 0.307 e. The van der Waals surface area contributed by atoms with Crippen molar-refractivity contribution in [2.75, 3.05) is 24.6 Å². The zero-order valence-electron chi connectivity index (χ0n) is 10.1. The lowest BCUT2D eigenvalue weighted by Gasteiger charge is -2.33. The second-order valence-electron chi connectivity index (χ2n) is 5.28. The van der Waals surface area contributed by atoms with Gasteiger partial charge in [-0.05, 0) is 18.3 Å². The molecule has 1 saturated heterocycles. The van der Waals surface area contributed by atoms with Crippen LogP contribution in [0.5, 0.6) is 0 Å². The van der Waals surface area contributed by atoms with Crippen molar-refractivity contribution in [1.82, 2.24) is 4.90 Å². The molecule has 1 N–H and O–H groups in total. The molecule has 3 rings (SSSR count). The number of hydrogen-bond donors (Lipinski definition) is 1. The maximum absolute atomic E-state index is 12.5. The molecule has 18 heavy (non-hydrogen) atoms. The molecule has 2 unspecified atom stereocenters. The van der Waals surface area contributed by atoms with Gasteiger partial charge in [-0.2, -0.15) is 11.8 Å². The normalized spacial score (nSPS) is 38.1. The number of carbonyl (C=O) groups is 2. The summed E-state index contributed by atoms with van der Waals surface area (Å²) in [6, 6.07) is 0. The van der Waals surface area contributed by atoms with E-state index in [4.69, 9.17) is 0 Å². The highest BCUT2D eigenvalue weighted by atomic mass is 32.2. The summed E-state index contributed by atoms with van der Waals surface area (Å²) in [5.41, 5.74) is 0. The Labute approximate surface area is 110 Å². The molecule has 1 heterocycles. The minimum Gasteiger partial charge on any atom is -0.481 e. The van der Waals surface area contributed by atoms with E-state index in [1.807, 2.05) is 28.8 Å². The molecule has 0 aromatic carbocycles. The molecule has 1 amide bonds. The number of carbonyl (C=O) groups excluding carboxylic acids is 1. The Morgan fingerprint density at radius 1 is 1.11 bits per heavy atom. The van der Waals surface area contributed by atoms with Gasteiger partial charge in [-0.3, -0.25) is 9.59 Å². The van der Waals surface area contributed by atoms with Crippen molar-refractivity contribution in [2.24, 2.45) is 23.7 Å². The van der Waals surface area contributed by atoms with E-state index in [0.717, 1.165) is 31.0 Å². The van der Waals surface area contributed by atoms with Gasteiger partial charge in [-0.15, -0.1) is 0 Å². The zero-order chi connectivity index (χ0) is 12.7. The molecule has 2 bridgehead atoms. The lowest BCUT2D eigenvalue weighted by atomic mass is 9.82. The molecular weight excluding hydrogens is 250 g/mol. The van der Waals surface area contributed by atoms with Crippen LogP contribution in [0, 0.1) is 23.7 Å². The minimum atomic E-state index is -0.809. The van der Waals surface area contributed by atoms with E-state index in [-0.39, 0.29) is 23.7 Å². The first-order valence-corrected chi connectivity index (χ1v) is 7.61. The molecule has 2 fully saturated rings. The van der Waals surface area contributed by atoms with Crippen molar-refractivity contribution in [3.63, 3.8) is 0 Å². The van der Waals surface area contributed by atoms with Crippen molar-refractivity contribution in [3.8, 4) is 0 Å². The average molecular weight is 267 g/mol. The van der Waals surface area contributed by atoms with E-state index in [1.165, 1.54) is 0 Å². The lowest BCUT2D eigenvalue weighted by Crippen LogP contribution is -2.46. The molecule has 3 aliphatic rings.